The van der Waals surface area contributed by atoms with Crippen molar-refractivity contribution >= 4 is 11.9 Å². The summed E-state index contributed by atoms with van der Waals surface area (Å²) in [6.45, 7) is 0. The molecule has 2 aliphatic rings. The van der Waals surface area contributed by atoms with Gasteiger partial charge in [-0.2, -0.15) is 13.2 Å². The number of halogens is 3. The Morgan fingerprint density at radius 2 is 1.79 bits per heavy atom. The number of hydrogen-bond donors (Lipinski definition) is 1. The summed E-state index contributed by atoms with van der Waals surface area (Å²) in [5.74, 6) is -1.92. The van der Waals surface area contributed by atoms with Gasteiger partial charge in [0.2, 0.25) is 0 Å². The minimum Gasteiger partial charge on any atom is -0.480 e. The Balaban J connectivity index is 2.00. The van der Waals surface area contributed by atoms with Crippen LogP contribution in [-0.4, -0.2) is 34.0 Å². The Morgan fingerprint density at radius 1 is 1.12 bits per heavy atom. The summed E-state index contributed by atoms with van der Waals surface area (Å²) in [4.78, 5) is 25.6. The van der Waals surface area contributed by atoms with Crippen LogP contribution in [0.15, 0.2) is 24.3 Å². The molecule has 1 aromatic rings. The average molecular weight is 341 g/mol. The zero-order valence-corrected chi connectivity index (χ0v) is 12.9. The second kappa shape index (κ2) is 6.11. The SMILES string of the molecule is O=C(O)C1CC2CCCCC2N1C(=O)c1ccccc1C(F)(F)F. The molecule has 1 amide bonds. The van der Waals surface area contributed by atoms with E-state index < -0.39 is 35.2 Å². The van der Waals surface area contributed by atoms with Gasteiger partial charge in [-0.3, -0.25) is 4.79 Å². The first-order chi connectivity index (χ1) is 11.3. The fourth-order valence-electron chi connectivity index (χ4n) is 4.03. The summed E-state index contributed by atoms with van der Waals surface area (Å²) in [6, 6.07) is 3.24. The molecule has 1 N–H and O–H groups in total. The van der Waals surface area contributed by atoms with E-state index in [-0.39, 0.29) is 12.0 Å². The Hall–Kier alpha value is -2.05. The third kappa shape index (κ3) is 2.87. The Kier molecular flexibility index (Phi) is 4.27. The molecule has 0 radical (unpaired) electrons. The van der Waals surface area contributed by atoms with Crippen molar-refractivity contribution in [3.8, 4) is 0 Å². The van der Waals surface area contributed by atoms with E-state index in [0.717, 1.165) is 31.4 Å². The number of likely N-dealkylation sites (tertiary alicyclic amines) is 1. The predicted octanol–water partition coefficient (Wildman–Crippen LogP) is 3.56. The molecule has 7 heteroatoms. The van der Waals surface area contributed by atoms with Crippen molar-refractivity contribution in [2.75, 3.05) is 0 Å². The molecular weight excluding hydrogens is 323 g/mol. The minimum absolute atomic E-state index is 0.0573. The maximum Gasteiger partial charge on any atom is 0.417 e. The summed E-state index contributed by atoms with van der Waals surface area (Å²) >= 11 is 0. The summed E-state index contributed by atoms with van der Waals surface area (Å²) in [6.07, 6.45) is -1.04. The number of benzene rings is 1. The van der Waals surface area contributed by atoms with Crippen LogP contribution in [0.5, 0.6) is 0 Å². The van der Waals surface area contributed by atoms with E-state index in [1.807, 2.05) is 0 Å². The molecule has 1 aromatic carbocycles. The zero-order chi connectivity index (χ0) is 17.5. The maximum atomic E-state index is 13.2. The molecular formula is C17H18F3NO3. The summed E-state index contributed by atoms with van der Waals surface area (Å²) in [5, 5.41) is 9.44. The van der Waals surface area contributed by atoms with Gasteiger partial charge < -0.3 is 10.0 Å². The minimum atomic E-state index is -4.66. The van der Waals surface area contributed by atoms with Crippen LogP contribution < -0.4 is 0 Å². The van der Waals surface area contributed by atoms with Crippen LogP contribution in [0.25, 0.3) is 0 Å². The van der Waals surface area contributed by atoms with E-state index in [0.29, 0.717) is 12.8 Å². The van der Waals surface area contributed by atoms with E-state index in [9.17, 15) is 27.9 Å². The molecule has 1 aliphatic carbocycles. The van der Waals surface area contributed by atoms with Crippen molar-refractivity contribution in [2.24, 2.45) is 5.92 Å². The zero-order valence-electron chi connectivity index (χ0n) is 12.9. The molecule has 0 spiro atoms. The standard InChI is InChI=1S/C17H18F3NO3/c18-17(19,20)12-7-3-2-6-11(12)15(22)21-13-8-4-1-5-10(13)9-14(21)16(23)24/h2-3,6-7,10,13-14H,1,4-5,8-9H2,(H,23,24). The van der Waals surface area contributed by atoms with Crippen LogP contribution >= 0.6 is 0 Å². The van der Waals surface area contributed by atoms with Gasteiger partial charge in [-0.25, -0.2) is 4.79 Å². The number of aliphatic carboxylic acids is 1. The summed E-state index contributed by atoms with van der Waals surface area (Å²) in [7, 11) is 0. The molecule has 3 rings (SSSR count). The number of alkyl halides is 3. The highest BCUT2D eigenvalue weighted by Gasteiger charge is 2.49. The number of carboxylic acid groups (broad SMARTS) is 1. The number of nitrogens with zero attached hydrogens (tertiary/aromatic N) is 1. The van der Waals surface area contributed by atoms with Crippen molar-refractivity contribution in [1.82, 2.24) is 4.90 Å². The van der Waals surface area contributed by atoms with E-state index in [1.54, 1.807) is 0 Å². The predicted molar refractivity (Wildman–Crippen MR) is 79.4 cm³/mol. The normalized spacial score (nSPS) is 27.0. The molecule has 4 nitrogen and oxygen atoms in total. The van der Waals surface area contributed by atoms with Crippen LogP contribution in [0.4, 0.5) is 13.2 Å². The van der Waals surface area contributed by atoms with Crippen molar-refractivity contribution < 1.29 is 27.9 Å². The first kappa shape index (κ1) is 16.8. The van der Waals surface area contributed by atoms with Crippen LogP contribution in [-0.2, 0) is 11.0 Å². The fraction of sp³-hybridized carbons (Fsp3) is 0.529. The van der Waals surface area contributed by atoms with Crippen molar-refractivity contribution in [1.29, 1.82) is 0 Å². The third-order valence-electron chi connectivity index (χ3n) is 5.07. The van der Waals surface area contributed by atoms with Gasteiger partial charge >= 0.3 is 12.1 Å². The smallest absolute Gasteiger partial charge is 0.417 e. The highest BCUT2D eigenvalue weighted by Crippen LogP contribution is 2.41. The van der Waals surface area contributed by atoms with Gasteiger partial charge in [-0.05, 0) is 37.3 Å². The highest BCUT2D eigenvalue weighted by atomic mass is 19.4. The number of carboxylic acids is 1. The molecule has 1 saturated carbocycles. The molecule has 2 fully saturated rings. The molecule has 1 heterocycles. The first-order valence-electron chi connectivity index (χ1n) is 8.02. The lowest BCUT2D eigenvalue weighted by Crippen LogP contribution is -2.46. The van der Waals surface area contributed by atoms with Gasteiger partial charge in [-0.1, -0.05) is 25.0 Å². The van der Waals surface area contributed by atoms with Crippen LogP contribution in [0.1, 0.15) is 48.0 Å². The summed E-state index contributed by atoms with van der Waals surface area (Å²) in [5.41, 5.74) is -1.49. The number of carbonyl (C=O) groups excluding carboxylic acids is 1. The third-order valence-corrected chi connectivity index (χ3v) is 5.07. The second-order valence-electron chi connectivity index (χ2n) is 6.46. The molecule has 1 aliphatic heterocycles. The number of rotatable bonds is 2. The van der Waals surface area contributed by atoms with Crippen LogP contribution in [0, 0.1) is 5.92 Å². The van der Waals surface area contributed by atoms with E-state index >= 15 is 0 Å². The van der Waals surface area contributed by atoms with Gasteiger partial charge in [0.25, 0.3) is 5.91 Å². The van der Waals surface area contributed by atoms with Crippen molar-refractivity contribution in [3.05, 3.63) is 35.4 Å². The molecule has 0 bridgehead atoms. The molecule has 3 atom stereocenters. The van der Waals surface area contributed by atoms with E-state index in [4.69, 9.17) is 0 Å². The van der Waals surface area contributed by atoms with Gasteiger partial charge in [0.05, 0.1) is 11.1 Å². The lowest BCUT2D eigenvalue weighted by Gasteiger charge is -2.33. The van der Waals surface area contributed by atoms with E-state index in [1.165, 1.54) is 17.0 Å². The number of carbonyl (C=O) groups is 2. The topological polar surface area (TPSA) is 57.6 Å². The average Bonchev–Trinajstić information content (AvgIpc) is 2.93. The highest BCUT2D eigenvalue weighted by molar-refractivity contribution is 5.98. The molecule has 24 heavy (non-hydrogen) atoms. The van der Waals surface area contributed by atoms with Gasteiger partial charge in [0.1, 0.15) is 6.04 Å². The number of hydrogen-bond acceptors (Lipinski definition) is 2. The van der Waals surface area contributed by atoms with Crippen LogP contribution in [0.3, 0.4) is 0 Å². The summed E-state index contributed by atoms with van der Waals surface area (Å²) < 4.78 is 39.6. The van der Waals surface area contributed by atoms with Crippen LogP contribution in [0.2, 0.25) is 0 Å². The van der Waals surface area contributed by atoms with Gasteiger partial charge in [0.15, 0.2) is 0 Å². The quantitative estimate of drug-likeness (QED) is 0.895. The Morgan fingerprint density at radius 3 is 2.46 bits per heavy atom. The Labute approximate surface area is 137 Å². The maximum absolute atomic E-state index is 13.2. The lowest BCUT2D eigenvalue weighted by atomic mass is 9.84. The van der Waals surface area contributed by atoms with Gasteiger partial charge in [-0.15, -0.1) is 0 Å². The molecule has 3 unspecified atom stereocenters. The van der Waals surface area contributed by atoms with Crippen molar-refractivity contribution in [3.63, 3.8) is 0 Å². The molecule has 1 saturated heterocycles. The molecule has 130 valence electrons. The lowest BCUT2D eigenvalue weighted by molar-refractivity contribution is -0.141. The Bertz CT molecular complexity index is 659. The number of amides is 1. The largest absolute Gasteiger partial charge is 0.480 e. The molecule has 0 aromatic heterocycles. The van der Waals surface area contributed by atoms with E-state index in [2.05, 4.69) is 0 Å². The van der Waals surface area contributed by atoms with Crippen molar-refractivity contribution in [2.45, 2.75) is 50.4 Å². The monoisotopic (exact) mass is 341 g/mol. The van der Waals surface area contributed by atoms with Gasteiger partial charge in [0, 0.05) is 6.04 Å². The second-order valence-corrected chi connectivity index (χ2v) is 6.46. The first-order valence-corrected chi connectivity index (χ1v) is 8.02. The fourth-order valence-corrected chi connectivity index (χ4v) is 4.03. The number of fused-ring (bicyclic) bond motifs is 1.